The maximum absolute atomic E-state index is 11.9. The number of piperidine rings is 1. The van der Waals surface area contributed by atoms with Gasteiger partial charge in [-0.1, -0.05) is 0 Å². The van der Waals surface area contributed by atoms with E-state index in [0.29, 0.717) is 25.9 Å². The van der Waals surface area contributed by atoms with E-state index in [1.807, 2.05) is 20.8 Å². The van der Waals surface area contributed by atoms with E-state index in [0.717, 1.165) is 6.42 Å². The van der Waals surface area contributed by atoms with Gasteiger partial charge in [-0.25, -0.2) is 4.79 Å². The summed E-state index contributed by atoms with van der Waals surface area (Å²) in [5.41, 5.74) is -0.492. The van der Waals surface area contributed by atoms with Crippen molar-refractivity contribution in [3.05, 3.63) is 0 Å². The Morgan fingerprint density at radius 1 is 1.44 bits per heavy atom. The summed E-state index contributed by atoms with van der Waals surface area (Å²) in [6.07, 6.45) is 1.27. The van der Waals surface area contributed by atoms with E-state index in [-0.39, 0.29) is 24.7 Å². The lowest BCUT2D eigenvalue weighted by molar-refractivity contribution is -0.0109. The van der Waals surface area contributed by atoms with Crippen LogP contribution in [0.4, 0.5) is 4.79 Å². The first-order valence-electron chi connectivity index (χ1n) is 6.60. The SMILES string of the molecule is CC(C)(C)OC(=O)N1CCC(O)C(CCCO)C1. The van der Waals surface area contributed by atoms with Crippen LogP contribution in [-0.4, -0.2) is 52.6 Å². The Balaban J connectivity index is 2.50. The lowest BCUT2D eigenvalue weighted by Gasteiger charge is -2.37. The molecule has 0 aliphatic carbocycles. The average molecular weight is 259 g/mol. The number of amides is 1. The van der Waals surface area contributed by atoms with Crippen LogP contribution in [0.1, 0.15) is 40.0 Å². The number of aliphatic hydroxyl groups excluding tert-OH is 2. The van der Waals surface area contributed by atoms with E-state index in [1.165, 1.54) is 0 Å². The van der Waals surface area contributed by atoms with Crippen LogP contribution >= 0.6 is 0 Å². The van der Waals surface area contributed by atoms with Crippen molar-refractivity contribution in [3.8, 4) is 0 Å². The number of carbonyl (C=O) groups is 1. The van der Waals surface area contributed by atoms with Crippen molar-refractivity contribution in [3.63, 3.8) is 0 Å². The van der Waals surface area contributed by atoms with Crippen LogP contribution in [0, 0.1) is 5.92 Å². The highest BCUT2D eigenvalue weighted by molar-refractivity contribution is 5.68. The summed E-state index contributed by atoms with van der Waals surface area (Å²) in [7, 11) is 0. The summed E-state index contributed by atoms with van der Waals surface area (Å²) in [6.45, 7) is 6.68. The molecule has 1 aliphatic heterocycles. The second-order valence-electron chi connectivity index (χ2n) is 5.91. The third kappa shape index (κ3) is 4.82. The van der Waals surface area contributed by atoms with Gasteiger partial charge in [-0.2, -0.15) is 0 Å². The molecule has 5 nitrogen and oxygen atoms in total. The molecule has 1 heterocycles. The second-order valence-corrected chi connectivity index (χ2v) is 5.91. The van der Waals surface area contributed by atoms with E-state index in [4.69, 9.17) is 9.84 Å². The molecule has 0 aromatic carbocycles. The number of carbonyl (C=O) groups excluding carboxylic acids is 1. The lowest BCUT2D eigenvalue weighted by Crippen LogP contribution is -2.47. The minimum Gasteiger partial charge on any atom is -0.444 e. The van der Waals surface area contributed by atoms with Crippen LogP contribution in [0.3, 0.4) is 0 Å². The Labute approximate surface area is 109 Å². The molecule has 0 aromatic heterocycles. The lowest BCUT2D eigenvalue weighted by atomic mass is 9.91. The highest BCUT2D eigenvalue weighted by Gasteiger charge is 2.32. The Morgan fingerprint density at radius 3 is 2.67 bits per heavy atom. The fourth-order valence-electron chi connectivity index (χ4n) is 2.15. The molecule has 0 aromatic rings. The van der Waals surface area contributed by atoms with E-state index in [2.05, 4.69) is 0 Å². The molecule has 1 fully saturated rings. The Bertz CT molecular complexity index is 275. The molecule has 0 radical (unpaired) electrons. The van der Waals surface area contributed by atoms with Crippen LogP contribution < -0.4 is 0 Å². The monoisotopic (exact) mass is 259 g/mol. The number of hydrogen-bond donors (Lipinski definition) is 2. The molecule has 0 spiro atoms. The van der Waals surface area contributed by atoms with Gasteiger partial charge in [-0.05, 0) is 40.0 Å². The van der Waals surface area contributed by atoms with Gasteiger partial charge in [0.1, 0.15) is 5.60 Å². The maximum Gasteiger partial charge on any atom is 0.410 e. The normalized spacial score (nSPS) is 25.1. The minimum absolute atomic E-state index is 0.0402. The zero-order chi connectivity index (χ0) is 13.8. The van der Waals surface area contributed by atoms with E-state index in [9.17, 15) is 9.90 Å². The number of nitrogens with zero attached hydrogens (tertiary/aromatic N) is 1. The fourth-order valence-corrected chi connectivity index (χ4v) is 2.15. The van der Waals surface area contributed by atoms with Gasteiger partial charge in [0.05, 0.1) is 6.10 Å². The van der Waals surface area contributed by atoms with Crippen LogP contribution in [-0.2, 0) is 4.74 Å². The van der Waals surface area contributed by atoms with Gasteiger partial charge in [0, 0.05) is 25.6 Å². The van der Waals surface area contributed by atoms with Gasteiger partial charge >= 0.3 is 6.09 Å². The number of aliphatic hydroxyl groups is 2. The first-order valence-corrected chi connectivity index (χ1v) is 6.60. The molecule has 1 amide bonds. The molecule has 2 unspecified atom stereocenters. The van der Waals surface area contributed by atoms with Crippen molar-refractivity contribution in [2.24, 2.45) is 5.92 Å². The number of ether oxygens (including phenoxy) is 1. The summed E-state index contributed by atoms with van der Waals surface area (Å²) < 4.78 is 5.32. The first-order chi connectivity index (χ1) is 8.33. The molecular formula is C13H25NO4. The van der Waals surface area contributed by atoms with Gasteiger partial charge in [0.2, 0.25) is 0 Å². The van der Waals surface area contributed by atoms with Crippen molar-refractivity contribution < 1.29 is 19.7 Å². The van der Waals surface area contributed by atoms with Crippen LogP contribution in [0.2, 0.25) is 0 Å². The van der Waals surface area contributed by atoms with Crippen LogP contribution in [0.15, 0.2) is 0 Å². The molecule has 1 aliphatic rings. The zero-order valence-corrected chi connectivity index (χ0v) is 11.6. The summed E-state index contributed by atoms with van der Waals surface area (Å²) in [5, 5.41) is 18.7. The minimum atomic E-state index is -0.492. The van der Waals surface area contributed by atoms with E-state index in [1.54, 1.807) is 4.90 Å². The number of likely N-dealkylation sites (tertiary alicyclic amines) is 1. The largest absolute Gasteiger partial charge is 0.444 e. The van der Waals surface area contributed by atoms with Crippen LogP contribution in [0.25, 0.3) is 0 Å². The van der Waals surface area contributed by atoms with Gasteiger partial charge < -0.3 is 19.8 Å². The molecule has 18 heavy (non-hydrogen) atoms. The third-order valence-corrected chi connectivity index (χ3v) is 3.08. The van der Waals surface area contributed by atoms with Gasteiger partial charge in [0.15, 0.2) is 0 Å². The number of hydrogen-bond acceptors (Lipinski definition) is 4. The predicted octanol–water partition coefficient (Wildman–Crippen LogP) is 1.38. The Kier molecular flexibility index (Phi) is 5.41. The van der Waals surface area contributed by atoms with Crippen molar-refractivity contribution >= 4 is 6.09 Å². The van der Waals surface area contributed by atoms with Crippen molar-refractivity contribution in [1.29, 1.82) is 0 Å². The molecule has 2 atom stereocenters. The highest BCUT2D eigenvalue weighted by atomic mass is 16.6. The molecule has 0 saturated carbocycles. The van der Waals surface area contributed by atoms with Crippen molar-refractivity contribution in [2.75, 3.05) is 19.7 Å². The van der Waals surface area contributed by atoms with Crippen molar-refractivity contribution in [2.45, 2.75) is 51.7 Å². The first kappa shape index (κ1) is 15.2. The summed E-state index contributed by atoms with van der Waals surface area (Å²) in [6, 6.07) is 0. The molecule has 1 saturated heterocycles. The molecule has 5 heteroatoms. The quantitative estimate of drug-likeness (QED) is 0.803. The molecule has 1 rings (SSSR count). The smallest absolute Gasteiger partial charge is 0.410 e. The summed E-state index contributed by atoms with van der Waals surface area (Å²) in [4.78, 5) is 13.6. The molecule has 2 N–H and O–H groups in total. The van der Waals surface area contributed by atoms with Crippen LogP contribution in [0.5, 0.6) is 0 Å². The van der Waals surface area contributed by atoms with Gasteiger partial charge in [-0.15, -0.1) is 0 Å². The predicted molar refractivity (Wildman–Crippen MR) is 68.2 cm³/mol. The Hall–Kier alpha value is -0.810. The molecule has 0 bridgehead atoms. The average Bonchev–Trinajstić information content (AvgIpc) is 2.25. The fraction of sp³-hybridized carbons (Fsp3) is 0.923. The highest BCUT2D eigenvalue weighted by Crippen LogP contribution is 2.23. The van der Waals surface area contributed by atoms with Crippen molar-refractivity contribution in [1.82, 2.24) is 4.90 Å². The summed E-state index contributed by atoms with van der Waals surface area (Å²) >= 11 is 0. The van der Waals surface area contributed by atoms with Gasteiger partial charge in [-0.3, -0.25) is 0 Å². The van der Waals surface area contributed by atoms with Gasteiger partial charge in [0.25, 0.3) is 0 Å². The van der Waals surface area contributed by atoms with E-state index >= 15 is 0 Å². The topological polar surface area (TPSA) is 70.0 Å². The standard InChI is InChI=1S/C13H25NO4/c1-13(2,3)18-12(17)14-7-6-11(16)10(9-14)5-4-8-15/h10-11,15-16H,4-9H2,1-3H3. The molecule has 106 valence electrons. The maximum atomic E-state index is 11.9. The second kappa shape index (κ2) is 6.38. The Morgan fingerprint density at radius 2 is 2.11 bits per heavy atom. The zero-order valence-electron chi connectivity index (χ0n) is 11.6. The summed E-state index contributed by atoms with van der Waals surface area (Å²) in [5.74, 6) is 0.0402. The third-order valence-electron chi connectivity index (χ3n) is 3.08. The van der Waals surface area contributed by atoms with E-state index < -0.39 is 5.60 Å². The number of rotatable bonds is 3. The molecular weight excluding hydrogens is 234 g/mol.